The summed E-state index contributed by atoms with van der Waals surface area (Å²) in [5, 5.41) is 9.24. The Kier molecular flexibility index (Phi) is 5.62. The number of alkyl halides is 3. The summed E-state index contributed by atoms with van der Waals surface area (Å²) >= 11 is 0. The number of halogens is 4. The van der Waals surface area contributed by atoms with Crippen LogP contribution in [0, 0.1) is 17.1 Å². The number of ether oxygens (including phenoxy) is 2. The first-order valence-electron chi connectivity index (χ1n) is 7.10. The highest BCUT2D eigenvalue weighted by Gasteiger charge is 2.41. The lowest BCUT2D eigenvalue weighted by Gasteiger charge is -2.11. The molecule has 2 aromatic carbocycles. The molecule has 0 heterocycles. The summed E-state index contributed by atoms with van der Waals surface area (Å²) in [7, 11) is 1.18. The van der Waals surface area contributed by atoms with Crippen LogP contribution < -0.4 is 9.47 Å². The Labute approximate surface area is 145 Å². The van der Waals surface area contributed by atoms with Crippen molar-refractivity contribution in [3.05, 3.63) is 59.4 Å². The molecule has 2 aromatic rings. The molecule has 0 unspecified atom stereocenters. The molecule has 0 aliphatic carbocycles. The molecule has 0 fully saturated rings. The minimum atomic E-state index is -5.15. The normalized spacial score (nSPS) is 11.6. The molecule has 4 nitrogen and oxygen atoms in total. The molecule has 0 saturated carbocycles. The highest BCUT2D eigenvalue weighted by Crippen LogP contribution is 2.32. The fourth-order valence-electron chi connectivity index (χ4n) is 2.03. The van der Waals surface area contributed by atoms with Crippen molar-refractivity contribution in [2.45, 2.75) is 6.18 Å². The molecule has 0 aliphatic heterocycles. The van der Waals surface area contributed by atoms with Crippen LogP contribution in [0.25, 0.3) is 11.6 Å². The standard InChI is InChI=1S/C18H11F4NO3/c1-25-16-9-11(6-7-15(16)26-17(24)18(20,21)22)8-12(10-23)13-4-2-3-5-14(13)19/h2-9H,1H3/b12-8-. The number of hydrogen-bond donors (Lipinski definition) is 0. The number of methoxy groups -OCH3 is 1. The van der Waals surface area contributed by atoms with Crippen molar-refractivity contribution < 1.29 is 31.8 Å². The summed E-state index contributed by atoms with van der Waals surface area (Å²) in [4.78, 5) is 10.9. The number of esters is 1. The van der Waals surface area contributed by atoms with Crippen LogP contribution in [0.2, 0.25) is 0 Å². The topological polar surface area (TPSA) is 59.3 Å². The van der Waals surface area contributed by atoms with Crippen LogP contribution in [0.15, 0.2) is 42.5 Å². The molecule has 0 atom stereocenters. The smallest absolute Gasteiger partial charge is 0.491 e. The highest BCUT2D eigenvalue weighted by molar-refractivity contribution is 5.90. The Balaban J connectivity index is 2.38. The first-order chi connectivity index (χ1) is 12.3. The van der Waals surface area contributed by atoms with E-state index in [1.54, 1.807) is 6.07 Å². The predicted octanol–water partition coefficient (Wildman–Crippen LogP) is 4.37. The molecule has 0 spiro atoms. The van der Waals surface area contributed by atoms with Crippen molar-refractivity contribution in [2.75, 3.05) is 7.11 Å². The van der Waals surface area contributed by atoms with Gasteiger partial charge in [-0.1, -0.05) is 24.3 Å². The van der Waals surface area contributed by atoms with Crippen LogP contribution in [-0.2, 0) is 4.79 Å². The van der Waals surface area contributed by atoms with Gasteiger partial charge in [0.2, 0.25) is 0 Å². The van der Waals surface area contributed by atoms with E-state index in [0.29, 0.717) is 5.56 Å². The minimum Gasteiger partial charge on any atom is -0.493 e. The third-order valence-corrected chi connectivity index (χ3v) is 3.22. The molecular weight excluding hydrogens is 354 g/mol. The van der Waals surface area contributed by atoms with Crippen molar-refractivity contribution in [3.8, 4) is 17.6 Å². The van der Waals surface area contributed by atoms with Crippen LogP contribution in [0.5, 0.6) is 11.5 Å². The molecule has 0 radical (unpaired) electrons. The number of carbonyl (C=O) groups is 1. The fraction of sp³-hybridized carbons (Fsp3) is 0.111. The highest BCUT2D eigenvalue weighted by atomic mass is 19.4. The van der Waals surface area contributed by atoms with Crippen molar-refractivity contribution >= 4 is 17.6 Å². The van der Waals surface area contributed by atoms with E-state index in [4.69, 9.17) is 4.74 Å². The SMILES string of the molecule is COc1cc(/C=C(/C#N)c2ccccc2F)ccc1OC(=O)C(F)(F)F. The second kappa shape index (κ2) is 7.70. The zero-order chi connectivity index (χ0) is 19.3. The van der Waals surface area contributed by atoms with Gasteiger partial charge in [0.25, 0.3) is 0 Å². The molecule has 0 saturated heterocycles. The van der Waals surface area contributed by atoms with Gasteiger partial charge in [-0.15, -0.1) is 0 Å². The Hall–Kier alpha value is -3.34. The third kappa shape index (κ3) is 4.39. The van der Waals surface area contributed by atoms with Crippen LogP contribution in [-0.4, -0.2) is 19.3 Å². The van der Waals surface area contributed by atoms with Gasteiger partial charge in [0.05, 0.1) is 18.8 Å². The van der Waals surface area contributed by atoms with Crippen LogP contribution >= 0.6 is 0 Å². The van der Waals surface area contributed by atoms with Gasteiger partial charge in [-0.3, -0.25) is 0 Å². The van der Waals surface area contributed by atoms with Gasteiger partial charge in [0.15, 0.2) is 11.5 Å². The molecule has 0 aromatic heterocycles. The Morgan fingerprint density at radius 3 is 2.42 bits per heavy atom. The van der Waals surface area contributed by atoms with Crippen molar-refractivity contribution in [2.24, 2.45) is 0 Å². The van der Waals surface area contributed by atoms with E-state index in [9.17, 15) is 27.6 Å². The molecule has 2 rings (SSSR count). The molecular formula is C18H11F4NO3. The van der Waals surface area contributed by atoms with E-state index in [1.165, 1.54) is 43.5 Å². The van der Waals surface area contributed by atoms with Crippen molar-refractivity contribution in [1.82, 2.24) is 0 Å². The average Bonchev–Trinajstić information content (AvgIpc) is 2.60. The average molecular weight is 365 g/mol. The lowest BCUT2D eigenvalue weighted by Crippen LogP contribution is -2.28. The molecule has 0 N–H and O–H groups in total. The molecule has 8 heteroatoms. The Bertz CT molecular complexity index is 898. The maximum atomic E-state index is 13.8. The predicted molar refractivity (Wildman–Crippen MR) is 84.6 cm³/mol. The summed E-state index contributed by atoms with van der Waals surface area (Å²) in [6, 6.07) is 11.2. The van der Waals surface area contributed by atoms with E-state index in [2.05, 4.69) is 4.74 Å². The summed E-state index contributed by atoms with van der Waals surface area (Å²) in [6.07, 6.45) is -3.82. The van der Waals surface area contributed by atoms with E-state index >= 15 is 0 Å². The Morgan fingerprint density at radius 1 is 1.15 bits per heavy atom. The molecule has 26 heavy (non-hydrogen) atoms. The first kappa shape index (κ1) is 19.0. The fourth-order valence-corrected chi connectivity index (χ4v) is 2.03. The van der Waals surface area contributed by atoms with E-state index < -0.39 is 23.7 Å². The number of nitriles is 1. The quantitative estimate of drug-likeness (QED) is 0.265. The van der Waals surface area contributed by atoms with Crippen LogP contribution in [0.4, 0.5) is 17.6 Å². The molecule has 134 valence electrons. The number of carbonyl (C=O) groups excluding carboxylic acids is 1. The minimum absolute atomic E-state index is 0.00480. The van der Waals surface area contributed by atoms with Gasteiger partial charge in [-0.2, -0.15) is 18.4 Å². The number of rotatable bonds is 4. The number of benzene rings is 2. The van der Waals surface area contributed by atoms with Gasteiger partial charge in [-0.05, 0) is 29.8 Å². The lowest BCUT2D eigenvalue weighted by atomic mass is 10.0. The largest absolute Gasteiger partial charge is 0.493 e. The zero-order valence-electron chi connectivity index (χ0n) is 13.3. The van der Waals surface area contributed by atoms with Gasteiger partial charge >= 0.3 is 12.1 Å². The number of nitrogens with zero attached hydrogens (tertiary/aromatic N) is 1. The monoisotopic (exact) mass is 365 g/mol. The molecule has 0 amide bonds. The third-order valence-electron chi connectivity index (χ3n) is 3.22. The van der Waals surface area contributed by atoms with Gasteiger partial charge in [0.1, 0.15) is 5.82 Å². The number of hydrogen-bond acceptors (Lipinski definition) is 4. The molecule has 0 bridgehead atoms. The van der Waals surface area contributed by atoms with Crippen LogP contribution in [0.1, 0.15) is 11.1 Å². The van der Waals surface area contributed by atoms with Gasteiger partial charge < -0.3 is 9.47 Å². The molecule has 0 aliphatic rings. The van der Waals surface area contributed by atoms with Gasteiger partial charge in [0, 0.05) is 5.56 Å². The van der Waals surface area contributed by atoms with Crippen molar-refractivity contribution in [3.63, 3.8) is 0 Å². The summed E-state index contributed by atoms with van der Waals surface area (Å²) in [6.45, 7) is 0. The first-order valence-corrected chi connectivity index (χ1v) is 7.10. The summed E-state index contributed by atoms with van der Waals surface area (Å²) in [5.74, 6) is -3.57. The maximum absolute atomic E-state index is 13.8. The van der Waals surface area contributed by atoms with Gasteiger partial charge in [-0.25, -0.2) is 9.18 Å². The summed E-state index contributed by atoms with van der Waals surface area (Å²) < 4.78 is 59.9. The second-order valence-electron chi connectivity index (χ2n) is 4.95. The van der Waals surface area contributed by atoms with E-state index in [0.717, 1.165) is 6.07 Å². The lowest BCUT2D eigenvalue weighted by molar-refractivity contribution is -0.189. The Morgan fingerprint density at radius 2 is 1.85 bits per heavy atom. The van der Waals surface area contributed by atoms with E-state index in [1.807, 2.05) is 6.07 Å². The van der Waals surface area contributed by atoms with Crippen LogP contribution in [0.3, 0.4) is 0 Å². The second-order valence-corrected chi connectivity index (χ2v) is 4.95. The maximum Gasteiger partial charge on any atom is 0.491 e. The summed E-state index contributed by atoms with van der Waals surface area (Å²) in [5.41, 5.74) is 0.417. The zero-order valence-corrected chi connectivity index (χ0v) is 13.3. The number of allylic oxidation sites excluding steroid dienone is 1. The van der Waals surface area contributed by atoms with E-state index in [-0.39, 0.29) is 16.9 Å². The van der Waals surface area contributed by atoms with Crippen molar-refractivity contribution in [1.29, 1.82) is 5.26 Å².